The van der Waals surface area contributed by atoms with Crippen molar-refractivity contribution >= 4 is 16.8 Å². The lowest BCUT2D eigenvalue weighted by Crippen LogP contribution is -2.38. The van der Waals surface area contributed by atoms with E-state index < -0.39 is 0 Å². The number of morpholine rings is 1. The van der Waals surface area contributed by atoms with Crippen LogP contribution < -0.4 is 5.32 Å². The summed E-state index contributed by atoms with van der Waals surface area (Å²) in [4.78, 5) is 18.4. The SMILES string of the molecule is O=C(NCCCN1CCOCC1)c1ccc2c3c([nH]c2c1)-c1[nH]ncc1CC3. The Morgan fingerprint density at radius 1 is 1.21 bits per heavy atom. The summed E-state index contributed by atoms with van der Waals surface area (Å²) in [5.74, 6) is -0.0151. The van der Waals surface area contributed by atoms with E-state index in [1.807, 2.05) is 18.3 Å². The maximum atomic E-state index is 12.6. The highest BCUT2D eigenvalue weighted by molar-refractivity contribution is 6.00. The lowest BCUT2D eigenvalue weighted by atomic mass is 9.94. The second-order valence-electron chi connectivity index (χ2n) is 7.57. The van der Waals surface area contributed by atoms with Gasteiger partial charge in [0.05, 0.1) is 30.8 Å². The number of amides is 1. The number of carbonyl (C=O) groups is 1. The summed E-state index contributed by atoms with van der Waals surface area (Å²) in [6.45, 7) is 5.28. The van der Waals surface area contributed by atoms with Gasteiger partial charge >= 0.3 is 0 Å². The smallest absolute Gasteiger partial charge is 0.251 e. The molecule has 3 aromatic rings. The van der Waals surface area contributed by atoms with Crippen molar-refractivity contribution in [2.75, 3.05) is 39.4 Å². The van der Waals surface area contributed by atoms with Gasteiger partial charge in [-0.1, -0.05) is 6.07 Å². The second kappa shape index (κ2) is 7.41. The van der Waals surface area contributed by atoms with Crippen LogP contribution >= 0.6 is 0 Å². The topological polar surface area (TPSA) is 86.0 Å². The fourth-order valence-corrected chi connectivity index (χ4v) is 4.28. The number of aryl methyl sites for hydroxylation is 2. The van der Waals surface area contributed by atoms with Gasteiger partial charge in [0, 0.05) is 36.1 Å². The highest BCUT2D eigenvalue weighted by Crippen LogP contribution is 2.36. The van der Waals surface area contributed by atoms with Crippen molar-refractivity contribution in [2.45, 2.75) is 19.3 Å². The number of benzene rings is 1. The van der Waals surface area contributed by atoms with E-state index in [0.717, 1.165) is 69.0 Å². The van der Waals surface area contributed by atoms with Crippen LogP contribution in [0, 0.1) is 0 Å². The molecule has 1 saturated heterocycles. The van der Waals surface area contributed by atoms with Crippen LogP contribution in [-0.2, 0) is 17.6 Å². The van der Waals surface area contributed by atoms with Crippen LogP contribution in [0.15, 0.2) is 24.4 Å². The number of nitrogens with zero attached hydrogens (tertiary/aromatic N) is 2. The van der Waals surface area contributed by atoms with E-state index in [-0.39, 0.29) is 5.91 Å². The molecule has 0 unspecified atom stereocenters. The predicted octanol–water partition coefficient (Wildman–Crippen LogP) is 2.11. The number of H-pyrrole nitrogens is 2. The van der Waals surface area contributed by atoms with Crippen LogP contribution in [-0.4, -0.2) is 65.4 Å². The fourth-order valence-electron chi connectivity index (χ4n) is 4.28. The summed E-state index contributed by atoms with van der Waals surface area (Å²) in [7, 11) is 0. The molecular formula is C21H25N5O2. The van der Waals surface area contributed by atoms with Gasteiger partial charge in [-0.05, 0) is 49.1 Å². The third-order valence-electron chi connectivity index (χ3n) is 5.82. The fraction of sp³-hybridized carbons (Fsp3) is 0.429. The van der Waals surface area contributed by atoms with Crippen molar-refractivity contribution in [3.05, 3.63) is 41.1 Å². The zero-order chi connectivity index (χ0) is 18.9. The predicted molar refractivity (Wildman–Crippen MR) is 107 cm³/mol. The van der Waals surface area contributed by atoms with Crippen molar-refractivity contribution < 1.29 is 9.53 Å². The van der Waals surface area contributed by atoms with E-state index in [4.69, 9.17) is 4.74 Å². The highest BCUT2D eigenvalue weighted by Gasteiger charge is 2.22. The number of ether oxygens (including phenoxy) is 1. The quantitative estimate of drug-likeness (QED) is 0.593. The summed E-state index contributed by atoms with van der Waals surface area (Å²) >= 11 is 0. The zero-order valence-electron chi connectivity index (χ0n) is 15.9. The molecule has 1 aliphatic heterocycles. The molecule has 0 spiro atoms. The lowest BCUT2D eigenvalue weighted by molar-refractivity contribution is 0.0374. The minimum atomic E-state index is -0.0151. The molecule has 7 heteroatoms. The van der Waals surface area contributed by atoms with Crippen LogP contribution in [0.2, 0.25) is 0 Å². The minimum absolute atomic E-state index is 0.0151. The number of aromatic nitrogens is 3. The van der Waals surface area contributed by atoms with Crippen molar-refractivity contribution in [1.82, 2.24) is 25.4 Å². The van der Waals surface area contributed by atoms with Crippen molar-refractivity contribution in [3.8, 4) is 11.4 Å². The summed E-state index contributed by atoms with van der Waals surface area (Å²) < 4.78 is 5.36. The van der Waals surface area contributed by atoms with E-state index in [9.17, 15) is 4.79 Å². The number of fused-ring (bicyclic) bond motifs is 5. The molecule has 1 amide bonds. The van der Waals surface area contributed by atoms with Crippen LogP contribution in [0.1, 0.15) is 27.9 Å². The standard InChI is InChI=1S/C21H25N5O2/c27-21(22-6-1-7-26-8-10-28-11-9-26)14-2-4-16-17-5-3-15-13-23-25-19(15)20(17)24-18(16)12-14/h2,4,12-13,24H,1,3,5-11H2,(H,22,27)(H,23,25). The Kier molecular flexibility index (Phi) is 4.62. The molecule has 146 valence electrons. The van der Waals surface area contributed by atoms with Gasteiger partial charge in [0.15, 0.2) is 0 Å². The largest absolute Gasteiger partial charge is 0.379 e. The molecule has 0 atom stereocenters. The van der Waals surface area contributed by atoms with Gasteiger partial charge in [-0.15, -0.1) is 0 Å². The van der Waals surface area contributed by atoms with Crippen LogP contribution in [0.3, 0.4) is 0 Å². The molecule has 1 aliphatic carbocycles. The zero-order valence-corrected chi connectivity index (χ0v) is 15.9. The molecule has 7 nitrogen and oxygen atoms in total. The molecule has 3 heterocycles. The third-order valence-corrected chi connectivity index (χ3v) is 5.82. The van der Waals surface area contributed by atoms with Crippen molar-refractivity contribution in [2.24, 2.45) is 0 Å². The van der Waals surface area contributed by atoms with E-state index in [2.05, 4.69) is 31.5 Å². The molecule has 0 radical (unpaired) electrons. The van der Waals surface area contributed by atoms with E-state index in [1.54, 1.807) is 0 Å². The third kappa shape index (κ3) is 3.21. The van der Waals surface area contributed by atoms with Gasteiger partial charge in [0.25, 0.3) is 5.91 Å². The number of carbonyl (C=O) groups excluding carboxylic acids is 1. The summed E-state index contributed by atoms with van der Waals surface area (Å²) in [6, 6.07) is 5.95. The second-order valence-corrected chi connectivity index (χ2v) is 7.57. The molecule has 1 aromatic carbocycles. The molecule has 2 aromatic heterocycles. The number of hydrogen-bond donors (Lipinski definition) is 3. The van der Waals surface area contributed by atoms with E-state index in [1.165, 1.54) is 16.5 Å². The molecule has 28 heavy (non-hydrogen) atoms. The van der Waals surface area contributed by atoms with Crippen LogP contribution in [0.4, 0.5) is 0 Å². The number of rotatable bonds is 5. The first-order chi connectivity index (χ1) is 13.8. The van der Waals surface area contributed by atoms with Crippen molar-refractivity contribution in [3.63, 3.8) is 0 Å². The molecule has 0 bridgehead atoms. The number of hydrogen-bond acceptors (Lipinski definition) is 4. The molecule has 2 aliphatic rings. The molecule has 0 saturated carbocycles. The number of aromatic amines is 2. The lowest BCUT2D eigenvalue weighted by Gasteiger charge is -2.26. The van der Waals surface area contributed by atoms with Gasteiger partial charge in [0.1, 0.15) is 0 Å². The van der Waals surface area contributed by atoms with Gasteiger partial charge in [-0.3, -0.25) is 14.8 Å². The number of nitrogens with one attached hydrogen (secondary N) is 3. The maximum Gasteiger partial charge on any atom is 0.251 e. The molecule has 3 N–H and O–H groups in total. The first-order valence-corrected chi connectivity index (χ1v) is 10.0. The Balaban J connectivity index is 1.26. The van der Waals surface area contributed by atoms with Crippen LogP contribution in [0.25, 0.3) is 22.3 Å². The summed E-state index contributed by atoms with van der Waals surface area (Å²) in [5, 5.41) is 11.5. The Labute approximate surface area is 163 Å². The minimum Gasteiger partial charge on any atom is -0.379 e. The monoisotopic (exact) mass is 379 g/mol. The first-order valence-electron chi connectivity index (χ1n) is 10.0. The molecule has 1 fully saturated rings. The van der Waals surface area contributed by atoms with Crippen LogP contribution in [0.5, 0.6) is 0 Å². The summed E-state index contributed by atoms with van der Waals surface area (Å²) in [5.41, 5.74) is 6.45. The van der Waals surface area contributed by atoms with Gasteiger partial charge in [0.2, 0.25) is 0 Å². The van der Waals surface area contributed by atoms with E-state index in [0.29, 0.717) is 12.1 Å². The Bertz CT molecular complexity index is 1000. The van der Waals surface area contributed by atoms with Gasteiger partial charge < -0.3 is 15.0 Å². The van der Waals surface area contributed by atoms with Gasteiger partial charge in [-0.2, -0.15) is 5.10 Å². The maximum absolute atomic E-state index is 12.6. The normalized spacial score (nSPS) is 16.7. The first kappa shape index (κ1) is 17.5. The molecular weight excluding hydrogens is 354 g/mol. The average molecular weight is 379 g/mol. The Hall–Kier alpha value is -2.64. The van der Waals surface area contributed by atoms with Gasteiger partial charge in [-0.25, -0.2) is 0 Å². The average Bonchev–Trinajstić information content (AvgIpc) is 3.35. The van der Waals surface area contributed by atoms with E-state index >= 15 is 0 Å². The Morgan fingerprint density at radius 2 is 2.11 bits per heavy atom. The Morgan fingerprint density at radius 3 is 3.00 bits per heavy atom. The molecule has 5 rings (SSSR count). The van der Waals surface area contributed by atoms with Crippen molar-refractivity contribution in [1.29, 1.82) is 0 Å². The highest BCUT2D eigenvalue weighted by atomic mass is 16.5. The summed E-state index contributed by atoms with van der Waals surface area (Å²) in [6.07, 6.45) is 4.85.